The minimum absolute atomic E-state index is 0.186. The van der Waals surface area contributed by atoms with Gasteiger partial charge in [0.2, 0.25) is 0 Å². The van der Waals surface area contributed by atoms with E-state index in [2.05, 4.69) is 0 Å². The van der Waals surface area contributed by atoms with Crippen molar-refractivity contribution in [3.8, 4) is 0 Å². The molecule has 5 nitrogen and oxygen atoms in total. The highest BCUT2D eigenvalue weighted by atomic mass is 16.5. The number of aromatic nitrogens is 1. The molecule has 0 saturated carbocycles. The Morgan fingerprint density at radius 3 is 2.24 bits per heavy atom. The zero-order valence-electron chi connectivity index (χ0n) is 10.3. The maximum atomic E-state index is 12.1. The van der Waals surface area contributed by atoms with Crippen molar-refractivity contribution >= 4 is 11.8 Å². The fourth-order valence-electron chi connectivity index (χ4n) is 1.93. The second-order valence-corrected chi connectivity index (χ2v) is 5.18. The summed E-state index contributed by atoms with van der Waals surface area (Å²) in [6, 6.07) is 1.47. The summed E-state index contributed by atoms with van der Waals surface area (Å²) in [5, 5.41) is 11.4. The molecule has 1 aliphatic rings. The Morgan fingerprint density at radius 2 is 1.71 bits per heavy atom. The van der Waals surface area contributed by atoms with Gasteiger partial charge in [-0.25, -0.2) is 0 Å². The fourth-order valence-corrected chi connectivity index (χ4v) is 1.93. The maximum absolute atomic E-state index is 12.1. The molecule has 0 fully saturated rings. The lowest BCUT2D eigenvalue weighted by molar-refractivity contribution is -0.612. The van der Waals surface area contributed by atoms with Crippen molar-refractivity contribution in [3.63, 3.8) is 0 Å². The van der Waals surface area contributed by atoms with Crippen LogP contribution in [-0.2, 0) is 0 Å². The fraction of sp³-hybridized carbons (Fsp3) is 0.417. The number of imide groups is 1. The molecule has 0 unspecified atom stereocenters. The van der Waals surface area contributed by atoms with Crippen LogP contribution in [0, 0.1) is 12.1 Å². The Hall–Kier alpha value is -1.91. The van der Waals surface area contributed by atoms with Crippen LogP contribution in [0.3, 0.4) is 0 Å². The molecule has 0 N–H and O–H groups in total. The van der Waals surface area contributed by atoms with Crippen molar-refractivity contribution in [1.82, 2.24) is 4.90 Å². The van der Waals surface area contributed by atoms with Gasteiger partial charge in [0.25, 0.3) is 11.8 Å². The lowest BCUT2D eigenvalue weighted by Crippen LogP contribution is -2.45. The van der Waals surface area contributed by atoms with Crippen LogP contribution in [0.1, 0.15) is 47.2 Å². The summed E-state index contributed by atoms with van der Waals surface area (Å²) in [6.45, 7) is 6.96. The van der Waals surface area contributed by atoms with Gasteiger partial charge in [-0.3, -0.25) is 14.5 Å². The molecule has 0 spiro atoms. The van der Waals surface area contributed by atoms with Crippen LogP contribution in [0.25, 0.3) is 0 Å². The van der Waals surface area contributed by atoms with E-state index < -0.39 is 11.4 Å². The van der Waals surface area contributed by atoms with E-state index in [4.69, 9.17) is 0 Å². The molecule has 0 aromatic carbocycles. The van der Waals surface area contributed by atoms with Gasteiger partial charge < -0.3 is 5.21 Å². The molecule has 0 radical (unpaired) electrons. The van der Waals surface area contributed by atoms with Crippen LogP contribution in [0.4, 0.5) is 0 Å². The highest BCUT2D eigenvalue weighted by molar-refractivity contribution is 6.21. The average Bonchev–Trinajstić information content (AvgIpc) is 2.40. The number of amides is 2. The van der Waals surface area contributed by atoms with Crippen molar-refractivity contribution in [1.29, 1.82) is 0 Å². The summed E-state index contributed by atoms with van der Waals surface area (Å²) in [6.07, 6.45) is 1.18. The van der Waals surface area contributed by atoms with Gasteiger partial charge in [-0.1, -0.05) is 0 Å². The normalized spacial score (nSPS) is 15.4. The number of aryl methyl sites for hydroxylation is 1. The first kappa shape index (κ1) is 11.6. The van der Waals surface area contributed by atoms with Crippen molar-refractivity contribution in [2.75, 3.05) is 0 Å². The van der Waals surface area contributed by atoms with Crippen LogP contribution >= 0.6 is 0 Å². The van der Waals surface area contributed by atoms with E-state index in [1.807, 2.05) is 0 Å². The van der Waals surface area contributed by atoms with E-state index in [9.17, 15) is 14.8 Å². The lowest BCUT2D eigenvalue weighted by Gasteiger charge is -2.29. The SMILES string of the molecule is Cc1cc2c(c[n+]1[O-])C(=O)N(C(C)(C)C)C2=O. The van der Waals surface area contributed by atoms with Crippen molar-refractivity contribution in [2.24, 2.45) is 0 Å². The van der Waals surface area contributed by atoms with Crippen LogP contribution in [0.5, 0.6) is 0 Å². The molecule has 1 aliphatic heterocycles. The summed E-state index contributed by atoms with van der Waals surface area (Å²) in [4.78, 5) is 25.4. The van der Waals surface area contributed by atoms with E-state index in [1.54, 1.807) is 27.7 Å². The molecule has 0 aliphatic carbocycles. The third-order valence-electron chi connectivity index (χ3n) is 2.78. The molecular weight excluding hydrogens is 220 g/mol. The van der Waals surface area contributed by atoms with Gasteiger partial charge in [0.1, 0.15) is 5.56 Å². The highest BCUT2D eigenvalue weighted by Gasteiger charge is 2.43. The topological polar surface area (TPSA) is 64.3 Å². The van der Waals surface area contributed by atoms with Crippen LogP contribution < -0.4 is 4.73 Å². The number of rotatable bonds is 0. The first-order valence-corrected chi connectivity index (χ1v) is 5.36. The van der Waals surface area contributed by atoms with E-state index in [1.165, 1.54) is 17.2 Å². The first-order valence-electron chi connectivity index (χ1n) is 5.36. The van der Waals surface area contributed by atoms with Crippen molar-refractivity contribution < 1.29 is 14.3 Å². The standard InChI is InChI=1S/C12H14N2O3/c1-7-5-8-9(6-13(7)17)11(16)14(10(8)15)12(2,3)4/h5-6H,1-4H3. The summed E-state index contributed by atoms with van der Waals surface area (Å²) in [7, 11) is 0. The van der Waals surface area contributed by atoms with Gasteiger partial charge in [-0.05, 0) is 20.8 Å². The van der Waals surface area contributed by atoms with Gasteiger partial charge in [0, 0.05) is 18.5 Å². The second-order valence-electron chi connectivity index (χ2n) is 5.18. The summed E-state index contributed by atoms with van der Waals surface area (Å²) < 4.78 is 0.607. The number of hydrogen-bond donors (Lipinski definition) is 0. The van der Waals surface area contributed by atoms with E-state index in [0.29, 0.717) is 16.0 Å². The van der Waals surface area contributed by atoms with E-state index in [-0.39, 0.29) is 11.5 Å². The molecule has 2 rings (SSSR count). The Balaban J connectivity index is 2.61. The summed E-state index contributed by atoms with van der Waals surface area (Å²) >= 11 is 0. The third-order valence-corrected chi connectivity index (χ3v) is 2.78. The van der Waals surface area contributed by atoms with Crippen molar-refractivity contribution in [2.45, 2.75) is 33.2 Å². The molecule has 0 bridgehead atoms. The Kier molecular flexibility index (Phi) is 2.24. The predicted octanol–water partition coefficient (Wildman–Crippen LogP) is 1.02. The molecule has 0 saturated heterocycles. The quantitative estimate of drug-likeness (QED) is 0.382. The summed E-state index contributed by atoms with van der Waals surface area (Å²) in [5.74, 6) is -0.733. The third kappa shape index (κ3) is 1.58. The van der Waals surface area contributed by atoms with E-state index >= 15 is 0 Å². The minimum Gasteiger partial charge on any atom is -0.618 e. The molecule has 2 heterocycles. The number of pyridine rings is 1. The van der Waals surface area contributed by atoms with Crippen molar-refractivity contribution in [3.05, 3.63) is 34.3 Å². The van der Waals surface area contributed by atoms with Gasteiger partial charge in [-0.15, -0.1) is 0 Å². The highest BCUT2D eigenvalue weighted by Crippen LogP contribution is 2.28. The predicted molar refractivity (Wildman–Crippen MR) is 60.4 cm³/mol. The number of carbonyl (C=O) groups excluding carboxylic acids is 2. The number of nitrogens with zero attached hydrogens (tertiary/aromatic N) is 2. The largest absolute Gasteiger partial charge is 0.618 e. The average molecular weight is 234 g/mol. The lowest BCUT2D eigenvalue weighted by atomic mass is 10.1. The monoisotopic (exact) mass is 234 g/mol. The molecular formula is C12H14N2O3. The molecule has 0 atom stereocenters. The van der Waals surface area contributed by atoms with Crippen LogP contribution in [0.15, 0.2) is 12.3 Å². The maximum Gasteiger partial charge on any atom is 0.268 e. The number of hydrogen-bond acceptors (Lipinski definition) is 3. The first-order chi connectivity index (χ1) is 7.73. The van der Waals surface area contributed by atoms with Crippen LogP contribution in [0.2, 0.25) is 0 Å². The van der Waals surface area contributed by atoms with Gasteiger partial charge in [0.15, 0.2) is 11.9 Å². The molecule has 1 aromatic rings. The Morgan fingerprint density at radius 1 is 1.18 bits per heavy atom. The zero-order chi connectivity index (χ0) is 13.0. The zero-order valence-corrected chi connectivity index (χ0v) is 10.3. The van der Waals surface area contributed by atoms with Gasteiger partial charge in [0.05, 0.1) is 5.56 Å². The van der Waals surface area contributed by atoms with Gasteiger partial charge in [-0.2, -0.15) is 4.73 Å². The molecule has 2 amide bonds. The molecule has 90 valence electrons. The van der Waals surface area contributed by atoms with Crippen LogP contribution in [-0.4, -0.2) is 22.3 Å². The summed E-state index contributed by atoms with van der Waals surface area (Å²) in [5.41, 5.74) is 0.315. The smallest absolute Gasteiger partial charge is 0.268 e. The molecule has 17 heavy (non-hydrogen) atoms. The Labute approximate surface area is 99.2 Å². The molecule has 5 heteroatoms. The number of carbonyl (C=O) groups is 2. The Bertz CT molecular complexity index is 488. The van der Waals surface area contributed by atoms with Gasteiger partial charge >= 0.3 is 0 Å². The molecule has 1 aromatic heterocycles. The second kappa shape index (κ2) is 3.29. The van der Waals surface area contributed by atoms with E-state index in [0.717, 1.165) is 0 Å². The minimum atomic E-state index is -0.588. The number of fused-ring (bicyclic) bond motifs is 1.